The van der Waals surface area contributed by atoms with Gasteiger partial charge in [-0.15, -0.1) is 0 Å². The van der Waals surface area contributed by atoms with Crippen LogP contribution in [0.15, 0.2) is 12.1 Å². The molecule has 0 aliphatic carbocycles. The molecule has 0 radical (unpaired) electrons. The third-order valence-corrected chi connectivity index (χ3v) is 5.34. The van der Waals surface area contributed by atoms with E-state index in [4.69, 9.17) is 18.9 Å². The van der Waals surface area contributed by atoms with Crippen molar-refractivity contribution in [2.75, 3.05) is 53.3 Å². The summed E-state index contributed by atoms with van der Waals surface area (Å²) in [6, 6.07) is 4.03. The molecule has 3 aliphatic rings. The molecule has 24 heavy (non-hydrogen) atoms. The minimum absolute atomic E-state index is 0.287. The molecular weight excluding hydrogens is 308 g/mol. The van der Waals surface area contributed by atoms with Gasteiger partial charge in [-0.25, -0.2) is 0 Å². The topological polar surface area (TPSA) is 52.2 Å². The normalized spacial score (nSPS) is 25.7. The van der Waals surface area contributed by atoms with Gasteiger partial charge in [-0.2, -0.15) is 0 Å². The number of hydrogen-bond acceptors (Lipinski definition) is 6. The Balaban J connectivity index is 1.48. The summed E-state index contributed by atoms with van der Waals surface area (Å²) >= 11 is 0. The lowest BCUT2D eigenvalue weighted by atomic mass is 9.86. The van der Waals surface area contributed by atoms with Crippen LogP contribution in [0, 0.1) is 5.41 Å². The first-order valence-electron chi connectivity index (χ1n) is 8.75. The molecule has 6 heteroatoms. The molecule has 1 unspecified atom stereocenters. The molecule has 0 saturated carbocycles. The molecule has 3 aliphatic heterocycles. The van der Waals surface area contributed by atoms with Crippen LogP contribution in [0.5, 0.6) is 17.2 Å². The molecule has 132 valence electrons. The Morgan fingerprint density at radius 1 is 1.21 bits per heavy atom. The van der Waals surface area contributed by atoms with E-state index in [-0.39, 0.29) is 6.79 Å². The number of ether oxygens (including phenoxy) is 4. The van der Waals surface area contributed by atoms with E-state index in [2.05, 4.69) is 16.3 Å². The predicted molar refractivity (Wildman–Crippen MR) is 89.7 cm³/mol. The van der Waals surface area contributed by atoms with Gasteiger partial charge in [-0.3, -0.25) is 4.90 Å². The molecule has 0 bridgehead atoms. The summed E-state index contributed by atoms with van der Waals surface area (Å²) in [6.45, 7) is 6.91. The lowest BCUT2D eigenvalue weighted by Crippen LogP contribution is -2.29. The minimum atomic E-state index is 0.287. The zero-order valence-electron chi connectivity index (χ0n) is 14.3. The Kier molecular flexibility index (Phi) is 4.52. The van der Waals surface area contributed by atoms with Crippen molar-refractivity contribution in [1.29, 1.82) is 0 Å². The zero-order chi connectivity index (χ0) is 16.4. The number of fused-ring (bicyclic) bond motifs is 1. The third kappa shape index (κ3) is 3.18. The predicted octanol–water partition coefficient (Wildman–Crippen LogP) is 1.63. The van der Waals surface area contributed by atoms with E-state index in [9.17, 15) is 0 Å². The number of likely N-dealkylation sites (tertiary alicyclic amines) is 1. The van der Waals surface area contributed by atoms with E-state index in [1.807, 2.05) is 6.07 Å². The monoisotopic (exact) mass is 334 g/mol. The Labute approximate surface area is 143 Å². The molecule has 0 aromatic heterocycles. The first kappa shape index (κ1) is 16.0. The van der Waals surface area contributed by atoms with Gasteiger partial charge in [0.15, 0.2) is 11.5 Å². The fourth-order valence-corrected chi connectivity index (χ4v) is 4.01. The highest BCUT2D eigenvalue weighted by atomic mass is 16.7. The van der Waals surface area contributed by atoms with Crippen molar-refractivity contribution in [3.05, 3.63) is 17.7 Å². The molecule has 4 rings (SSSR count). The van der Waals surface area contributed by atoms with Gasteiger partial charge < -0.3 is 24.3 Å². The minimum Gasteiger partial charge on any atom is -0.491 e. The first-order chi connectivity index (χ1) is 11.8. The van der Waals surface area contributed by atoms with Crippen LogP contribution < -0.4 is 19.5 Å². The summed E-state index contributed by atoms with van der Waals surface area (Å²) in [5.41, 5.74) is 1.64. The Morgan fingerprint density at radius 3 is 2.88 bits per heavy atom. The number of rotatable bonds is 6. The van der Waals surface area contributed by atoms with Crippen LogP contribution >= 0.6 is 0 Å². The van der Waals surface area contributed by atoms with Crippen molar-refractivity contribution < 1.29 is 18.9 Å². The number of nitrogens with one attached hydrogen (secondary N) is 1. The fraction of sp³-hybridized carbons (Fsp3) is 0.667. The fourth-order valence-electron chi connectivity index (χ4n) is 4.01. The van der Waals surface area contributed by atoms with Crippen molar-refractivity contribution in [2.45, 2.75) is 19.4 Å². The summed E-state index contributed by atoms with van der Waals surface area (Å²) < 4.78 is 22.1. The molecule has 3 heterocycles. The highest BCUT2D eigenvalue weighted by molar-refractivity contribution is 5.51. The van der Waals surface area contributed by atoms with Gasteiger partial charge in [0.25, 0.3) is 0 Å². The molecule has 1 atom stereocenters. The van der Waals surface area contributed by atoms with Gasteiger partial charge in [-0.1, -0.05) is 0 Å². The second kappa shape index (κ2) is 6.78. The average Bonchev–Trinajstić information content (AvgIpc) is 3.31. The van der Waals surface area contributed by atoms with Crippen LogP contribution in [0.2, 0.25) is 0 Å². The van der Waals surface area contributed by atoms with Gasteiger partial charge in [0, 0.05) is 38.4 Å². The maximum atomic E-state index is 5.93. The van der Waals surface area contributed by atoms with E-state index in [1.165, 1.54) is 18.4 Å². The van der Waals surface area contributed by atoms with Gasteiger partial charge in [-0.05, 0) is 37.4 Å². The highest BCUT2D eigenvalue weighted by Gasteiger charge is 2.40. The van der Waals surface area contributed by atoms with E-state index in [0.717, 1.165) is 50.0 Å². The van der Waals surface area contributed by atoms with Crippen LogP contribution in [-0.4, -0.2) is 58.2 Å². The van der Waals surface area contributed by atoms with Crippen molar-refractivity contribution in [1.82, 2.24) is 10.2 Å². The maximum absolute atomic E-state index is 5.93. The Bertz CT molecular complexity index is 587. The highest BCUT2D eigenvalue weighted by Crippen LogP contribution is 2.41. The van der Waals surface area contributed by atoms with E-state index in [0.29, 0.717) is 18.6 Å². The van der Waals surface area contributed by atoms with Crippen LogP contribution in [0.25, 0.3) is 0 Å². The van der Waals surface area contributed by atoms with Crippen molar-refractivity contribution in [3.8, 4) is 17.2 Å². The molecule has 1 spiro atoms. The van der Waals surface area contributed by atoms with Gasteiger partial charge in [0.1, 0.15) is 12.4 Å². The van der Waals surface area contributed by atoms with Gasteiger partial charge in [0.2, 0.25) is 6.79 Å². The van der Waals surface area contributed by atoms with Crippen LogP contribution in [-0.2, 0) is 11.3 Å². The number of nitrogens with zero attached hydrogens (tertiary/aromatic N) is 1. The van der Waals surface area contributed by atoms with Gasteiger partial charge in [0.05, 0.1) is 6.61 Å². The molecule has 1 aromatic carbocycles. The van der Waals surface area contributed by atoms with Crippen LogP contribution in [0.1, 0.15) is 18.4 Å². The van der Waals surface area contributed by atoms with Crippen LogP contribution in [0.4, 0.5) is 0 Å². The largest absolute Gasteiger partial charge is 0.491 e. The summed E-state index contributed by atoms with van der Waals surface area (Å²) in [7, 11) is 1.68. The molecule has 2 fully saturated rings. The smallest absolute Gasteiger partial charge is 0.231 e. The van der Waals surface area contributed by atoms with E-state index >= 15 is 0 Å². The summed E-state index contributed by atoms with van der Waals surface area (Å²) in [5.74, 6) is 2.46. The molecule has 0 amide bonds. The lowest BCUT2D eigenvalue weighted by Gasteiger charge is -2.23. The molecular formula is C18H26N2O4. The summed E-state index contributed by atoms with van der Waals surface area (Å²) in [4.78, 5) is 2.54. The molecule has 1 aromatic rings. The first-order valence-corrected chi connectivity index (χ1v) is 8.75. The maximum Gasteiger partial charge on any atom is 0.231 e. The SMILES string of the molecule is COCCOc1cc2c(cc1CN1CCC3(CCNC3)C1)OCO2. The quantitative estimate of drug-likeness (QED) is 0.798. The number of benzene rings is 1. The standard InChI is InChI=1S/C18H26N2O4/c1-21-6-7-22-15-9-17-16(23-13-24-17)8-14(15)10-20-5-3-18(12-20)2-4-19-11-18/h8-9,19H,2-7,10-13H2,1H3. The molecule has 6 nitrogen and oxygen atoms in total. The Hall–Kier alpha value is -1.50. The van der Waals surface area contributed by atoms with Crippen molar-refractivity contribution in [3.63, 3.8) is 0 Å². The Morgan fingerprint density at radius 2 is 2.08 bits per heavy atom. The molecule has 1 N–H and O–H groups in total. The second-order valence-corrected chi connectivity index (χ2v) is 7.04. The summed E-state index contributed by atoms with van der Waals surface area (Å²) in [6.07, 6.45) is 2.58. The number of methoxy groups -OCH3 is 1. The lowest BCUT2D eigenvalue weighted by molar-refractivity contribution is 0.144. The van der Waals surface area contributed by atoms with Gasteiger partial charge >= 0.3 is 0 Å². The van der Waals surface area contributed by atoms with E-state index < -0.39 is 0 Å². The third-order valence-electron chi connectivity index (χ3n) is 5.34. The van der Waals surface area contributed by atoms with Crippen molar-refractivity contribution in [2.24, 2.45) is 5.41 Å². The zero-order valence-corrected chi connectivity index (χ0v) is 14.3. The van der Waals surface area contributed by atoms with Crippen molar-refractivity contribution >= 4 is 0 Å². The summed E-state index contributed by atoms with van der Waals surface area (Å²) in [5, 5.41) is 3.52. The van der Waals surface area contributed by atoms with Crippen LogP contribution in [0.3, 0.4) is 0 Å². The second-order valence-electron chi connectivity index (χ2n) is 7.04. The number of hydrogen-bond donors (Lipinski definition) is 1. The average molecular weight is 334 g/mol. The van der Waals surface area contributed by atoms with E-state index in [1.54, 1.807) is 7.11 Å². The molecule has 2 saturated heterocycles.